The highest BCUT2D eigenvalue weighted by Crippen LogP contribution is 2.31. The molecule has 2 aromatic rings. The third-order valence-electron chi connectivity index (χ3n) is 2.86. The fourth-order valence-corrected chi connectivity index (χ4v) is 2.11. The summed E-state index contributed by atoms with van der Waals surface area (Å²) in [5.74, 6) is 0.951. The van der Waals surface area contributed by atoms with Crippen molar-refractivity contribution in [2.45, 2.75) is 13.8 Å². The van der Waals surface area contributed by atoms with E-state index >= 15 is 0 Å². The number of carbonyl (C=O) groups is 1. The fourth-order valence-electron chi connectivity index (χ4n) is 1.77. The van der Waals surface area contributed by atoms with Crippen LogP contribution in [0.1, 0.15) is 28.4 Å². The van der Waals surface area contributed by atoms with Crippen LogP contribution in [-0.2, 0) is 0 Å². The van der Waals surface area contributed by atoms with Crippen LogP contribution in [0.15, 0.2) is 40.9 Å². The van der Waals surface area contributed by atoms with Gasteiger partial charge in [0.2, 0.25) is 0 Å². The first kappa shape index (κ1) is 14.3. The molecule has 2 aromatic carbocycles. The molecule has 3 nitrogen and oxygen atoms in total. The zero-order chi connectivity index (χ0) is 14.7. The SMILES string of the molecule is CC(=O)c1ccc(C#N)cc1Oc1cc(Br)ccc1C. The van der Waals surface area contributed by atoms with Crippen molar-refractivity contribution in [3.05, 3.63) is 57.6 Å². The molecule has 0 spiro atoms. The molecule has 0 fully saturated rings. The Kier molecular flexibility index (Phi) is 4.21. The third kappa shape index (κ3) is 3.06. The van der Waals surface area contributed by atoms with Crippen LogP contribution in [0.5, 0.6) is 11.5 Å². The quantitative estimate of drug-likeness (QED) is 0.771. The molecule has 0 atom stereocenters. The number of hydrogen-bond donors (Lipinski definition) is 0. The van der Waals surface area contributed by atoms with Crippen LogP contribution in [0.3, 0.4) is 0 Å². The smallest absolute Gasteiger partial charge is 0.163 e. The lowest BCUT2D eigenvalue weighted by atomic mass is 10.1. The first-order valence-electron chi connectivity index (χ1n) is 6.00. The van der Waals surface area contributed by atoms with E-state index in [9.17, 15) is 4.79 Å². The minimum absolute atomic E-state index is 0.0999. The number of aryl methyl sites for hydroxylation is 1. The zero-order valence-corrected chi connectivity index (χ0v) is 12.7. The molecule has 100 valence electrons. The molecule has 0 amide bonds. The Morgan fingerprint density at radius 1 is 1.20 bits per heavy atom. The highest BCUT2D eigenvalue weighted by atomic mass is 79.9. The molecule has 0 N–H and O–H groups in total. The average Bonchev–Trinajstić information content (AvgIpc) is 2.42. The van der Waals surface area contributed by atoms with E-state index in [1.807, 2.05) is 31.2 Å². The van der Waals surface area contributed by atoms with Gasteiger partial charge in [-0.15, -0.1) is 0 Å². The summed E-state index contributed by atoms with van der Waals surface area (Å²) in [7, 11) is 0. The molecule has 2 rings (SSSR count). The summed E-state index contributed by atoms with van der Waals surface area (Å²) in [5, 5.41) is 8.96. The molecular formula is C16H12BrNO2. The Morgan fingerprint density at radius 2 is 1.95 bits per heavy atom. The molecule has 4 heteroatoms. The van der Waals surface area contributed by atoms with Gasteiger partial charge >= 0.3 is 0 Å². The molecule has 0 aliphatic heterocycles. The number of carbonyl (C=O) groups excluding carboxylic acids is 1. The van der Waals surface area contributed by atoms with Crippen LogP contribution in [0, 0.1) is 18.3 Å². The molecule has 0 aromatic heterocycles. The first-order chi connectivity index (χ1) is 9.51. The summed E-state index contributed by atoms with van der Waals surface area (Å²) in [6, 6.07) is 12.5. The van der Waals surface area contributed by atoms with E-state index < -0.39 is 0 Å². The Labute approximate surface area is 125 Å². The van der Waals surface area contributed by atoms with Crippen molar-refractivity contribution in [2.24, 2.45) is 0 Å². The lowest BCUT2D eigenvalue weighted by Crippen LogP contribution is -1.98. The van der Waals surface area contributed by atoms with Crippen molar-refractivity contribution in [3.8, 4) is 17.6 Å². The van der Waals surface area contributed by atoms with Crippen molar-refractivity contribution in [2.75, 3.05) is 0 Å². The molecule has 0 aliphatic carbocycles. The van der Waals surface area contributed by atoms with Gasteiger partial charge in [-0.3, -0.25) is 4.79 Å². The monoisotopic (exact) mass is 329 g/mol. The van der Waals surface area contributed by atoms with E-state index in [0.717, 1.165) is 10.0 Å². The normalized spacial score (nSPS) is 9.90. The van der Waals surface area contributed by atoms with E-state index in [4.69, 9.17) is 10.00 Å². The third-order valence-corrected chi connectivity index (χ3v) is 3.35. The van der Waals surface area contributed by atoms with Crippen LogP contribution < -0.4 is 4.74 Å². The highest BCUT2D eigenvalue weighted by molar-refractivity contribution is 9.10. The Hall–Kier alpha value is -2.12. The van der Waals surface area contributed by atoms with Gasteiger partial charge in [0.1, 0.15) is 11.5 Å². The maximum absolute atomic E-state index is 11.6. The molecule has 0 heterocycles. The van der Waals surface area contributed by atoms with Gasteiger partial charge in [0.15, 0.2) is 5.78 Å². The van der Waals surface area contributed by atoms with Gasteiger partial charge in [-0.05, 0) is 49.7 Å². The standard InChI is InChI=1S/C16H12BrNO2/c1-10-3-5-13(17)8-15(10)20-16-7-12(9-18)4-6-14(16)11(2)19/h3-8H,1-2H3. The van der Waals surface area contributed by atoms with Gasteiger partial charge in [-0.2, -0.15) is 5.26 Å². The number of halogens is 1. The molecular weight excluding hydrogens is 318 g/mol. The molecule has 0 unspecified atom stereocenters. The van der Waals surface area contributed by atoms with Gasteiger partial charge in [0.25, 0.3) is 0 Å². The number of nitriles is 1. The molecule has 0 bridgehead atoms. The fraction of sp³-hybridized carbons (Fsp3) is 0.125. The summed E-state index contributed by atoms with van der Waals surface area (Å²) in [6.07, 6.45) is 0. The molecule has 0 saturated heterocycles. The van der Waals surface area contributed by atoms with Crippen LogP contribution in [0.2, 0.25) is 0 Å². The maximum atomic E-state index is 11.6. The number of Topliss-reactive ketones (excluding diaryl/α,β-unsaturated/α-hetero) is 1. The Bertz CT molecular complexity index is 717. The summed E-state index contributed by atoms with van der Waals surface area (Å²) in [4.78, 5) is 11.6. The summed E-state index contributed by atoms with van der Waals surface area (Å²) >= 11 is 3.39. The van der Waals surface area contributed by atoms with E-state index in [1.54, 1.807) is 18.2 Å². The maximum Gasteiger partial charge on any atom is 0.163 e. The van der Waals surface area contributed by atoms with E-state index in [-0.39, 0.29) is 5.78 Å². The summed E-state index contributed by atoms with van der Waals surface area (Å²) in [5.41, 5.74) is 1.87. The van der Waals surface area contributed by atoms with Gasteiger partial charge in [-0.25, -0.2) is 0 Å². The van der Waals surface area contributed by atoms with Crippen molar-refractivity contribution in [1.29, 1.82) is 5.26 Å². The van der Waals surface area contributed by atoms with Gasteiger partial charge in [0.05, 0.1) is 17.2 Å². The number of ketones is 1. The van der Waals surface area contributed by atoms with Crippen LogP contribution >= 0.6 is 15.9 Å². The first-order valence-corrected chi connectivity index (χ1v) is 6.79. The predicted octanol–water partition coefficient (Wildman–Crippen LogP) is 4.62. The average molecular weight is 330 g/mol. The number of hydrogen-bond acceptors (Lipinski definition) is 3. The zero-order valence-electron chi connectivity index (χ0n) is 11.1. The van der Waals surface area contributed by atoms with Crippen LogP contribution in [-0.4, -0.2) is 5.78 Å². The minimum atomic E-state index is -0.0999. The number of ether oxygens (including phenoxy) is 1. The van der Waals surface area contributed by atoms with Gasteiger partial charge < -0.3 is 4.74 Å². The number of benzene rings is 2. The van der Waals surface area contributed by atoms with Crippen molar-refractivity contribution < 1.29 is 9.53 Å². The second-order valence-corrected chi connectivity index (χ2v) is 5.31. The predicted molar refractivity (Wildman–Crippen MR) is 80.1 cm³/mol. The lowest BCUT2D eigenvalue weighted by Gasteiger charge is -2.12. The highest BCUT2D eigenvalue weighted by Gasteiger charge is 2.12. The largest absolute Gasteiger partial charge is 0.456 e. The van der Waals surface area contributed by atoms with Gasteiger partial charge in [-0.1, -0.05) is 22.0 Å². The summed E-state index contributed by atoms with van der Waals surface area (Å²) in [6.45, 7) is 3.39. The number of nitrogens with zero attached hydrogens (tertiary/aromatic N) is 1. The molecule has 0 radical (unpaired) electrons. The number of rotatable bonds is 3. The van der Waals surface area contributed by atoms with Crippen molar-refractivity contribution in [3.63, 3.8) is 0 Å². The Balaban J connectivity index is 2.49. The van der Waals surface area contributed by atoms with Crippen LogP contribution in [0.4, 0.5) is 0 Å². The van der Waals surface area contributed by atoms with E-state index in [2.05, 4.69) is 15.9 Å². The van der Waals surface area contributed by atoms with Crippen LogP contribution in [0.25, 0.3) is 0 Å². The molecule has 0 aliphatic rings. The lowest BCUT2D eigenvalue weighted by molar-refractivity contribution is 0.101. The van der Waals surface area contributed by atoms with Gasteiger partial charge in [0, 0.05) is 4.47 Å². The Morgan fingerprint density at radius 3 is 2.60 bits per heavy atom. The second-order valence-electron chi connectivity index (χ2n) is 4.39. The topological polar surface area (TPSA) is 50.1 Å². The van der Waals surface area contributed by atoms with E-state index in [1.165, 1.54) is 6.92 Å². The second kappa shape index (κ2) is 5.89. The van der Waals surface area contributed by atoms with Crippen molar-refractivity contribution >= 4 is 21.7 Å². The van der Waals surface area contributed by atoms with E-state index in [0.29, 0.717) is 22.6 Å². The van der Waals surface area contributed by atoms with Crippen molar-refractivity contribution in [1.82, 2.24) is 0 Å². The molecule has 20 heavy (non-hydrogen) atoms. The minimum Gasteiger partial charge on any atom is -0.456 e. The summed E-state index contributed by atoms with van der Waals surface area (Å²) < 4.78 is 6.71. The molecule has 0 saturated carbocycles.